The highest BCUT2D eigenvalue weighted by Crippen LogP contribution is 2.25. The Morgan fingerprint density at radius 1 is 0.800 bits per heavy atom. The van der Waals surface area contributed by atoms with E-state index in [-0.39, 0.29) is 34.2 Å². The molecule has 0 fully saturated rings. The Balaban J connectivity index is 3.49. The smallest absolute Gasteiger partial charge is 0.163 e. The van der Waals surface area contributed by atoms with Crippen LogP contribution >= 0.6 is 0 Å². The molecule has 0 atom stereocenters. The highest BCUT2D eigenvalue weighted by Gasteiger charge is 2.15. The predicted octanol–water partition coefficient (Wildman–Crippen LogP) is 3.44. The van der Waals surface area contributed by atoms with E-state index >= 15 is 0 Å². The summed E-state index contributed by atoms with van der Waals surface area (Å²) in [6.07, 6.45) is 0. The number of rotatable bonds is 4. The van der Waals surface area contributed by atoms with Crippen molar-refractivity contribution < 1.29 is 19.8 Å². The third-order valence-corrected chi connectivity index (χ3v) is 2.87. The molecule has 20 heavy (non-hydrogen) atoms. The lowest BCUT2D eigenvalue weighted by Crippen LogP contribution is -2.03. The number of aliphatic hydroxyl groups excluding tert-OH is 2. The Hall–Kier alpha value is -2.36. The number of hydrogen-bond donors (Lipinski definition) is 2. The summed E-state index contributed by atoms with van der Waals surface area (Å²) < 4.78 is 0. The molecule has 106 valence electrons. The fourth-order valence-corrected chi connectivity index (χ4v) is 2.16. The van der Waals surface area contributed by atoms with E-state index in [1.54, 1.807) is 24.3 Å². The zero-order valence-electron chi connectivity index (χ0n) is 12.0. The zero-order valence-corrected chi connectivity index (χ0v) is 12.0. The van der Waals surface area contributed by atoms with Crippen LogP contribution in [0.5, 0.6) is 0 Å². The molecular formula is C16H18O4. The van der Waals surface area contributed by atoms with E-state index in [1.165, 1.54) is 27.7 Å². The van der Waals surface area contributed by atoms with Gasteiger partial charge >= 0.3 is 0 Å². The molecule has 0 bridgehead atoms. The lowest BCUT2D eigenvalue weighted by molar-refractivity contribution is -0.112. The van der Waals surface area contributed by atoms with Crippen LogP contribution in [-0.2, 0) is 9.59 Å². The molecule has 0 saturated carbocycles. The maximum atomic E-state index is 11.6. The minimum absolute atomic E-state index is 0.0799. The monoisotopic (exact) mass is 274 g/mol. The van der Waals surface area contributed by atoms with Crippen LogP contribution in [0.15, 0.2) is 35.8 Å². The first-order chi connectivity index (χ1) is 9.25. The van der Waals surface area contributed by atoms with Gasteiger partial charge in [-0.3, -0.25) is 9.59 Å². The molecule has 0 aliphatic heterocycles. The molecule has 0 aromatic heterocycles. The number of carbonyl (C=O) groups is 2. The van der Waals surface area contributed by atoms with E-state index in [0.717, 1.165) is 0 Å². The van der Waals surface area contributed by atoms with Crippen molar-refractivity contribution in [1.29, 1.82) is 0 Å². The molecule has 2 N–H and O–H groups in total. The minimum atomic E-state index is -0.267. The van der Waals surface area contributed by atoms with E-state index in [9.17, 15) is 19.8 Å². The van der Waals surface area contributed by atoms with Crippen molar-refractivity contribution in [3.63, 3.8) is 0 Å². The number of allylic oxidation sites excluding steroid dienone is 4. The molecule has 1 aromatic rings. The molecule has 0 spiro atoms. The van der Waals surface area contributed by atoms with E-state index in [4.69, 9.17) is 0 Å². The topological polar surface area (TPSA) is 74.6 Å². The third-order valence-electron chi connectivity index (χ3n) is 2.87. The minimum Gasteiger partial charge on any atom is -0.512 e. The van der Waals surface area contributed by atoms with Crippen LogP contribution in [0.1, 0.15) is 38.8 Å². The van der Waals surface area contributed by atoms with Crippen LogP contribution < -0.4 is 0 Å². The standard InChI is InChI=1S/C16H18O4/c1-9(17)15(10(2)18)13-6-5-7-14(8-13)16(11(3)19)12(4)20/h5-8,17,19H,1-4H3/b15-9+,16-11+. The van der Waals surface area contributed by atoms with Gasteiger partial charge in [-0.2, -0.15) is 0 Å². The van der Waals surface area contributed by atoms with Gasteiger partial charge in [0.05, 0.1) is 11.1 Å². The highest BCUT2D eigenvalue weighted by atomic mass is 16.3. The van der Waals surface area contributed by atoms with Gasteiger partial charge in [-0.15, -0.1) is 0 Å². The average molecular weight is 274 g/mol. The van der Waals surface area contributed by atoms with Crippen LogP contribution in [-0.4, -0.2) is 21.8 Å². The molecule has 1 rings (SSSR count). The summed E-state index contributed by atoms with van der Waals surface area (Å²) in [4.78, 5) is 23.2. The van der Waals surface area contributed by atoms with Gasteiger partial charge in [0.15, 0.2) is 11.6 Å². The van der Waals surface area contributed by atoms with Crippen molar-refractivity contribution in [1.82, 2.24) is 0 Å². The van der Waals surface area contributed by atoms with Gasteiger partial charge in [-0.1, -0.05) is 18.2 Å². The number of aliphatic hydroxyl groups is 2. The van der Waals surface area contributed by atoms with Gasteiger partial charge in [0.25, 0.3) is 0 Å². The summed E-state index contributed by atoms with van der Waals surface area (Å²) in [5.74, 6) is -0.695. The van der Waals surface area contributed by atoms with Crippen molar-refractivity contribution in [2.24, 2.45) is 0 Å². The van der Waals surface area contributed by atoms with Crippen molar-refractivity contribution in [3.05, 3.63) is 46.9 Å². The maximum absolute atomic E-state index is 11.6. The van der Waals surface area contributed by atoms with Crippen molar-refractivity contribution in [3.8, 4) is 0 Å². The second kappa shape index (κ2) is 6.19. The van der Waals surface area contributed by atoms with E-state index in [0.29, 0.717) is 11.1 Å². The highest BCUT2D eigenvalue weighted by molar-refractivity contribution is 6.22. The van der Waals surface area contributed by atoms with Gasteiger partial charge in [-0.05, 0) is 44.9 Å². The molecule has 4 nitrogen and oxygen atoms in total. The molecule has 0 aliphatic carbocycles. The molecule has 0 unspecified atom stereocenters. The predicted molar refractivity (Wildman–Crippen MR) is 78.2 cm³/mol. The lowest BCUT2D eigenvalue weighted by Gasteiger charge is -2.10. The Morgan fingerprint density at radius 3 is 1.40 bits per heavy atom. The van der Waals surface area contributed by atoms with Gasteiger partial charge in [0, 0.05) is 0 Å². The summed E-state index contributed by atoms with van der Waals surface area (Å²) >= 11 is 0. The maximum Gasteiger partial charge on any atom is 0.163 e. The number of ketones is 2. The van der Waals surface area contributed by atoms with Crippen molar-refractivity contribution in [2.75, 3.05) is 0 Å². The molecule has 0 radical (unpaired) electrons. The zero-order chi connectivity index (χ0) is 15.4. The number of carbonyl (C=O) groups excluding carboxylic acids is 2. The summed E-state index contributed by atoms with van der Waals surface area (Å²) in [7, 11) is 0. The van der Waals surface area contributed by atoms with Crippen LogP contribution in [0.25, 0.3) is 11.1 Å². The Kier molecular flexibility index (Phi) is 4.86. The summed E-state index contributed by atoms with van der Waals surface area (Å²) in [5.41, 5.74) is 1.42. The summed E-state index contributed by atoms with van der Waals surface area (Å²) in [6.45, 7) is 5.59. The fourth-order valence-electron chi connectivity index (χ4n) is 2.16. The van der Waals surface area contributed by atoms with E-state index in [1.807, 2.05) is 0 Å². The summed E-state index contributed by atoms with van der Waals surface area (Å²) in [5, 5.41) is 19.2. The number of Topliss-reactive ketones (excluding diaryl/α,β-unsaturated/α-hetero) is 2. The van der Waals surface area contributed by atoms with E-state index < -0.39 is 0 Å². The Labute approximate surface area is 118 Å². The second-order valence-corrected chi connectivity index (χ2v) is 4.61. The quantitative estimate of drug-likeness (QED) is 0.651. The Bertz CT molecular complexity index is 562. The Morgan fingerprint density at radius 2 is 1.15 bits per heavy atom. The van der Waals surface area contributed by atoms with Crippen molar-refractivity contribution in [2.45, 2.75) is 27.7 Å². The normalized spacial score (nSPS) is 13.4. The van der Waals surface area contributed by atoms with Gasteiger partial charge < -0.3 is 10.2 Å². The number of hydrogen-bond acceptors (Lipinski definition) is 4. The molecule has 0 amide bonds. The average Bonchev–Trinajstić information content (AvgIpc) is 2.27. The molecular weight excluding hydrogens is 256 g/mol. The molecule has 4 heteroatoms. The molecule has 1 aromatic carbocycles. The van der Waals surface area contributed by atoms with Crippen LogP contribution in [0.4, 0.5) is 0 Å². The second-order valence-electron chi connectivity index (χ2n) is 4.61. The largest absolute Gasteiger partial charge is 0.512 e. The SMILES string of the molecule is CC(=O)/C(=C(/C)O)c1cccc(/C(C(C)=O)=C(\C)O)c1. The number of benzene rings is 1. The van der Waals surface area contributed by atoms with E-state index in [2.05, 4.69) is 0 Å². The van der Waals surface area contributed by atoms with Crippen LogP contribution in [0.3, 0.4) is 0 Å². The first kappa shape index (κ1) is 15.7. The summed E-state index contributed by atoms with van der Waals surface area (Å²) in [6, 6.07) is 6.62. The molecule has 0 aliphatic rings. The van der Waals surface area contributed by atoms with Crippen molar-refractivity contribution >= 4 is 22.7 Å². The van der Waals surface area contributed by atoms with Gasteiger partial charge in [-0.25, -0.2) is 0 Å². The first-order valence-corrected chi connectivity index (χ1v) is 6.18. The van der Waals surface area contributed by atoms with Gasteiger partial charge in [0.1, 0.15) is 11.5 Å². The third kappa shape index (κ3) is 3.35. The van der Waals surface area contributed by atoms with Crippen LogP contribution in [0, 0.1) is 0 Å². The van der Waals surface area contributed by atoms with Crippen LogP contribution in [0.2, 0.25) is 0 Å². The lowest BCUT2D eigenvalue weighted by atomic mass is 9.95. The molecule has 0 heterocycles. The fraction of sp³-hybridized carbons (Fsp3) is 0.250. The first-order valence-electron chi connectivity index (χ1n) is 6.18. The molecule has 0 saturated heterocycles. The van der Waals surface area contributed by atoms with Gasteiger partial charge in [0.2, 0.25) is 0 Å².